The Bertz CT molecular complexity index is 880. The van der Waals surface area contributed by atoms with Crippen molar-refractivity contribution in [3.05, 3.63) is 83.0 Å². The highest BCUT2D eigenvalue weighted by Crippen LogP contribution is 2.22. The Morgan fingerprint density at radius 1 is 1.04 bits per heavy atom. The van der Waals surface area contributed by atoms with Gasteiger partial charge in [0.25, 0.3) is 0 Å². The van der Waals surface area contributed by atoms with E-state index < -0.39 is 0 Å². The summed E-state index contributed by atoms with van der Waals surface area (Å²) in [5.74, 6) is 0.661. The monoisotopic (exact) mass is 365 g/mol. The first-order valence-electron chi connectivity index (χ1n) is 8.43. The molecular formula is C21H20ClN3O. The molecule has 0 fully saturated rings. The lowest BCUT2D eigenvalue weighted by Gasteiger charge is -2.09. The number of benzene rings is 2. The molecule has 0 radical (unpaired) electrons. The van der Waals surface area contributed by atoms with Crippen LogP contribution in [0.3, 0.4) is 0 Å². The molecule has 3 aromatic rings. The lowest BCUT2D eigenvalue weighted by Crippen LogP contribution is -2.12. The number of rotatable bonds is 6. The molecule has 4 nitrogen and oxygen atoms in total. The first kappa shape index (κ1) is 18.0. The van der Waals surface area contributed by atoms with Crippen molar-refractivity contribution in [2.24, 2.45) is 0 Å². The average Bonchev–Trinajstić information content (AvgIpc) is 2.65. The van der Waals surface area contributed by atoms with Gasteiger partial charge in [0, 0.05) is 17.1 Å². The van der Waals surface area contributed by atoms with Crippen LogP contribution in [0.2, 0.25) is 5.02 Å². The minimum atomic E-state index is -0.0262. The lowest BCUT2D eigenvalue weighted by molar-refractivity contribution is -0.116. The van der Waals surface area contributed by atoms with Crippen LogP contribution < -0.4 is 10.6 Å². The van der Waals surface area contributed by atoms with Crippen molar-refractivity contribution >= 4 is 34.7 Å². The predicted molar refractivity (Wildman–Crippen MR) is 107 cm³/mol. The van der Waals surface area contributed by atoms with Crippen molar-refractivity contribution < 1.29 is 4.79 Å². The molecule has 0 atom stereocenters. The number of anilines is 3. The molecule has 1 heterocycles. The summed E-state index contributed by atoms with van der Waals surface area (Å²) in [4.78, 5) is 16.4. The van der Waals surface area contributed by atoms with Gasteiger partial charge in [-0.3, -0.25) is 4.79 Å². The first-order valence-corrected chi connectivity index (χ1v) is 8.81. The SMILES string of the molecule is Cc1ccc(Nc2ccc(NC(=O)CCc3ccccc3)cn2)cc1Cl. The summed E-state index contributed by atoms with van der Waals surface area (Å²) in [5.41, 5.74) is 3.72. The van der Waals surface area contributed by atoms with Crippen LogP contribution in [-0.4, -0.2) is 10.9 Å². The van der Waals surface area contributed by atoms with Crippen molar-refractivity contribution in [3.8, 4) is 0 Å². The number of hydrogen-bond acceptors (Lipinski definition) is 3. The zero-order valence-electron chi connectivity index (χ0n) is 14.5. The molecule has 3 rings (SSSR count). The summed E-state index contributed by atoms with van der Waals surface area (Å²) in [6.07, 6.45) is 2.79. The van der Waals surface area contributed by atoms with E-state index in [1.807, 2.05) is 67.6 Å². The number of carbonyl (C=O) groups is 1. The maximum absolute atomic E-state index is 12.1. The zero-order chi connectivity index (χ0) is 18.4. The molecule has 1 aromatic heterocycles. The van der Waals surface area contributed by atoms with Crippen LogP contribution in [0.1, 0.15) is 17.5 Å². The fourth-order valence-electron chi connectivity index (χ4n) is 2.49. The molecule has 2 aromatic carbocycles. The van der Waals surface area contributed by atoms with E-state index in [1.165, 1.54) is 0 Å². The van der Waals surface area contributed by atoms with Gasteiger partial charge in [0.2, 0.25) is 5.91 Å². The van der Waals surface area contributed by atoms with E-state index in [0.717, 1.165) is 16.8 Å². The highest BCUT2D eigenvalue weighted by Gasteiger charge is 2.04. The molecule has 1 amide bonds. The fourth-order valence-corrected chi connectivity index (χ4v) is 2.67. The minimum absolute atomic E-state index is 0.0262. The van der Waals surface area contributed by atoms with E-state index >= 15 is 0 Å². The van der Waals surface area contributed by atoms with Crippen molar-refractivity contribution in [1.29, 1.82) is 0 Å². The van der Waals surface area contributed by atoms with Crippen molar-refractivity contribution in [2.75, 3.05) is 10.6 Å². The Balaban J connectivity index is 1.53. The topological polar surface area (TPSA) is 54.0 Å². The smallest absolute Gasteiger partial charge is 0.224 e. The van der Waals surface area contributed by atoms with Crippen LogP contribution in [0.5, 0.6) is 0 Å². The Morgan fingerprint density at radius 2 is 1.81 bits per heavy atom. The van der Waals surface area contributed by atoms with Crippen LogP contribution >= 0.6 is 11.6 Å². The maximum Gasteiger partial charge on any atom is 0.224 e. The van der Waals surface area contributed by atoms with Crippen molar-refractivity contribution in [1.82, 2.24) is 4.98 Å². The molecular weight excluding hydrogens is 346 g/mol. The second kappa shape index (κ2) is 8.50. The van der Waals surface area contributed by atoms with Crippen LogP contribution in [0.15, 0.2) is 66.9 Å². The van der Waals surface area contributed by atoms with Gasteiger partial charge in [-0.2, -0.15) is 0 Å². The second-order valence-electron chi connectivity index (χ2n) is 6.05. The predicted octanol–water partition coefficient (Wildman–Crippen LogP) is 5.36. The summed E-state index contributed by atoms with van der Waals surface area (Å²) in [6.45, 7) is 1.96. The molecule has 0 saturated carbocycles. The first-order chi connectivity index (χ1) is 12.6. The maximum atomic E-state index is 12.1. The van der Waals surface area contributed by atoms with E-state index in [9.17, 15) is 4.79 Å². The van der Waals surface area contributed by atoms with E-state index in [-0.39, 0.29) is 5.91 Å². The molecule has 0 unspecified atom stereocenters. The fraction of sp³-hybridized carbons (Fsp3) is 0.143. The van der Waals surface area contributed by atoms with Crippen LogP contribution in [0, 0.1) is 6.92 Å². The number of carbonyl (C=O) groups excluding carboxylic acids is 1. The Morgan fingerprint density at radius 3 is 2.50 bits per heavy atom. The number of hydrogen-bond donors (Lipinski definition) is 2. The van der Waals surface area contributed by atoms with Gasteiger partial charge in [0.05, 0.1) is 11.9 Å². The Labute approximate surface area is 158 Å². The third-order valence-electron chi connectivity index (χ3n) is 3.98. The molecule has 5 heteroatoms. The highest BCUT2D eigenvalue weighted by molar-refractivity contribution is 6.31. The van der Waals surface area contributed by atoms with Crippen molar-refractivity contribution in [3.63, 3.8) is 0 Å². The standard InChI is InChI=1S/C21H20ClN3O/c1-15-7-9-17(13-19(15)22)24-20-11-10-18(14-23-20)25-21(26)12-8-16-5-3-2-4-6-16/h2-7,9-11,13-14H,8,12H2,1H3,(H,23,24)(H,25,26). The molecule has 26 heavy (non-hydrogen) atoms. The Kier molecular flexibility index (Phi) is 5.87. The largest absolute Gasteiger partial charge is 0.340 e. The molecule has 0 aliphatic carbocycles. The number of pyridine rings is 1. The normalized spacial score (nSPS) is 10.4. The number of amides is 1. The molecule has 2 N–H and O–H groups in total. The number of nitrogens with zero attached hydrogens (tertiary/aromatic N) is 1. The van der Waals surface area contributed by atoms with Gasteiger partial charge in [-0.05, 0) is 48.7 Å². The van der Waals surface area contributed by atoms with Gasteiger partial charge < -0.3 is 10.6 Å². The summed E-state index contributed by atoms with van der Waals surface area (Å²) in [7, 11) is 0. The number of aromatic nitrogens is 1. The number of aryl methyl sites for hydroxylation is 2. The molecule has 0 aliphatic rings. The van der Waals surface area contributed by atoms with Crippen molar-refractivity contribution in [2.45, 2.75) is 19.8 Å². The van der Waals surface area contributed by atoms with Gasteiger partial charge in [-0.25, -0.2) is 4.98 Å². The van der Waals surface area contributed by atoms with E-state index in [0.29, 0.717) is 29.4 Å². The third-order valence-corrected chi connectivity index (χ3v) is 4.38. The average molecular weight is 366 g/mol. The van der Waals surface area contributed by atoms with E-state index in [1.54, 1.807) is 6.20 Å². The van der Waals surface area contributed by atoms with Crippen LogP contribution in [0.25, 0.3) is 0 Å². The van der Waals surface area contributed by atoms with Gasteiger partial charge in [-0.15, -0.1) is 0 Å². The Hall–Kier alpha value is -2.85. The highest BCUT2D eigenvalue weighted by atomic mass is 35.5. The van der Waals surface area contributed by atoms with Crippen LogP contribution in [0.4, 0.5) is 17.2 Å². The number of halogens is 1. The molecule has 0 spiro atoms. The zero-order valence-corrected chi connectivity index (χ0v) is 15.3. The third kappa shape index (κ3) is 5.07. The summed E-state index contributed by atoms with van der Waals surface area (Å²) in [5, 5.41) is 6.77. The van der Waals surface area contributed by atoms with E-state index in [4.69, 9.17) is 11.6 Å². The molecule has 0 saturated heterocycles. The minimum Gasteiger partial charge on any atom is -0.340 e. The second-order valence-corrected chi connectivity index (χ2v) is 6.46. The van der Waals surface area contributed by atoms with Crippen LogP contribution in [-0.2, 0) is 11.2 Å². The number of nitrogens with one attached hydrogen (secondary N) is 2. The summed E-state index contributed by atoms with van der Waals surface area (Å²) >= 11 is 6.13. The van der Waals surface area contributed by atoms with Gasteiger partial charge in [-0.1, -0.05) is 48.0 Å². The van der Waals surface area contributed by atoms with Gasteiger partial charge in [0.1, 0.15) is 5.82 Å². The summed E-state index contributed by atoms with van der Waals surface area (Å²) < 4.78 is 0. The van der Waals surface area contributed by atoms with Gasteiger partial charge in [0.15, 0.2) is 0 Å². The lowest BCUT2D eigenvalue weighted by atomic mass is 10.1. The molecule has 132 valence electrons. The van der Waals surface area contributed by atoms with Gasteiger partial charge >= 0.3 is 0 Å². The quantitative estimate of drug-likeness (QED) is 0.618. The molecule has 0 aliphatic heterocycles. The molecule has 0 bridgehead atoms. The summed E-state index contributed by atoms with van der Waals surface area (Å²) in [6, 6.07) is 19.4. The van der Waals surface area contributed by atoms with E-state index in [2.05, 4.69) is 15.6 Å².